The minimum absolute atomic E-state index is 0.0905. The average molecular weight is 237 g/mol. The van der Waals surface area contributed by atoms with Crippen LogP contribution in [0.5, 0.6) is 0 Å². The molecule has 0 saturated carbocycles. The smallest absolute Gasteiger partial charge is 0.401 e. The van der Waals surface area contributed by atoms with E-state index in [4.69, 9.17) is 9.52 Å². The second-order valence-corrected chi connectivity index (χ2v) is 3.36. The van der Waals surface area contributed by atoms with Gasteiger partial charge in [-0.15, -0.1) is 0 Å². The topological polar surface area (TPSA) is 53.7 Å². The average Bonchev–Trinajstić information content (AvgIpc) is 2.48. The quantitative estimate of drug-likeness (QED) is 0.869. The molecule has 0 saturated heterocycles. The Balaban J connectivity index is 2.56. The van der Waals surface area contributed by atoms with Crippen LogP contribution in [0.1, 0.15) is 16.3 Å². The van der Waals surface area contributed by atoms with Crippen LogP contribution >= 0.6 is 0 Å². The molecule has 1 aromatic rings. The zero-order valence-corrected chi connectivity index (χ0v) is 8.41. The van der Waals surface area contributed by atoms with E-state index in [-0.39, 0.29) is 18.1 Å². The molecule has 0 aliphatic heterocycles. The molecular formula is C9H10F3NO3. The van der Waals surface area contributed by atoms with Crippen molar-refractivity contribution >= 4 is 5.97 Å². The second kappa shape index (κ2) is 4.56. The molecular weight excluding hydrogens is 227 g/mol. The molecule has 0 bridgehead atoms. The Morgan fingerprint density at radius 3 is 2.56 bits per heavy atom. The lowest BCUT2D eigenvalue weighted by Crippen LogP contribution is -2.30. The molecule has 0 aliphatic carbocycles. The van der Waals surface area contributed by atoms with Crippen LogP contribution in [-0.4, -0.2) is 35.7 Å². The molecule has 0 aromatic carbocycles. The van der Waals surface area contributed by atoms with Crippen LogP contribution < -0.4 is 0 Å². The van der Waals surface area contributed by atoms with E-state index < -0.39 is 18.7 Å². The lowest BCUT2D eigenvalue weighted by molar-refractivity contribution is -0.144. The minimum atomic E-state index is -4.28. The number of hydrogen-bond acceptors (Lipinski definition) is 3. The standard InChI is InChI=1S/C9H10F3NO3/c1-13(5-9(10,11)12)4-6-2-3-7(16-6)8(14)15/h2-3H,4-5H2,1H3,(H,14,15). The number of alkyl halides is 3. The number of rotatable bonds is 4. The van der Waals surface area contributed by atoms with Crippen molar-refractivity contribution < 1.29 is 27.5 Å². The zero-order chi connectivity index (χ0) is 12.3. The van der Waals surface area contributed by atoms with Gasteiger partial charge >= 0.3 is 12.1 Å². The second-order valence-electron chi connectivity index (χ2n) is 3.36. The van der Waals surface area contributed by atoms with Crippen molar-refractivity contribution in [3.63, 3.8) is 0 Å². The monoisotopic (exact) mass is 237 g/mol. The molecule has 1 rings (SSSR count). The van der Waals surface area contributed by atoms with Crippen LogP contribution in [0.3, 0.4) is 0 Å². The van der Waals surface area contributed by atoms with Gasteiger partial charge < -0.3 is 9.52 Å². The maximum Gasteiger partial charge on any atom is 0.401 e. The summed E-state index contributed by atoms with van der Waals surface area (Å²) < 4.78 is 40.7. The van der Waals surface area contributed by atoms with Gasteiger partial charge in [0.15, 0.2) is 0 Å². The predicted octanol–water partition coefficient (Wildman–Crippen LogP) is 1.97. The lowest BCUT2D eigenvalue weighted by atomic mass is 10.4. The molecule has 0 spiro atoms. The van der Waals surface area contributed by atoms with E-state index >= 15 is 0 Å². The normalized spacial score (nSPS) is 12.1. The first-order chi connectivity index (χ1) is 7.28. The fourth-order valence-corrected chi connectivity index (χ4v) is 1.21. The largest absolute Gasteiger partial charge is 0.475 e. The van der Waals surface area contributed by atoms with Crippen LogP contribution in [-0.2, 0) is 6.54 Å². The Morgan fingerprint density at radius 2 is 2.12 bits per heavy atom. The van der Waals surface area contributed by atoms with E-state index in [0.717, 1.165) is 4.90 Å². The fraction of sp³-hybridized carbons (Fsp3) is 0.444. The fourth-order valence-electron chi connectivity index (χ4n) is 1.21. The summed E-state index contributed by atoms with van der Waals surface area (Å²) in [6.45, 7) is -1.16. The summed E-state index contributed by atoms with van der Waals surface area (Å²) in [6, 6.07) is 2.55. The van der Waals surface area contributed by atoms with Gasteiger partial charge in [0, 0.05) is 0 Å². The van der Waals surface area contributed by atoms with Gasteiger partial charge in [0.1, 0.15) is 5.76 Å². The first kappa shape index (κ1) is 12.6. The molecule has 16 heavy (non-hydrogen) atoms. The highest BCUT2D eigenvalue weighted by Gasteiger charge is 2.29. The van der Waals surface area contributed by atoms with Crippen LogP contribution in [0.25, 0.3) is 0 Å². The Bertz CT molecular complexity index is 372. The third-order valence-corrected chi connectivity index (χ3v) is 1.75. The SMILES string of the molecule is CN(Cc1ccc(C(=O)O)o1)CC(F)(F)F. The van der Waals surface area contributed by atoms with E-state index in [2.05, 4.69) is 0 Å². The van der Waals surface area contributed by atoms with Gasteiger partial charge in [0.05, 0.1) is 13.1 Å². The summed E-state index contributed by atoms with van der Waals surface area (Å²) in [5, 5.41) is 8.53. The molecule has 4 nitrogen and oxygen atoms in total. The highest BCUT2D eigenvalue weighted by Crippen LogP contribution is 2.17. The summed E-state index contributed by atoms with van der Waals surface area (Å²) >= 11 is 0. The first-order valence-corrected chi connectivity index (χ1v) is 4.35. The van der Waals surface area contributed by atoms with Gasteiger partial charge in [-0.25, -0.2) is 4.79 Å². The Hall–Kier alpha value is -1.50. The van der Waals surface area contributed by atoms with Gasteiger partial charge in [-0.1, -0.05) is 0 Å². The summed E-state index contributed by atoms with van der Waals surface area (Å²) in [5.74, 6) is -1.34. The van der Waals surface area contributed by atoms with Gasteiger partial charge in [0.2, 0.25) is 5.76 Å². The predicted molar refractivity (Wildman–Crippen MR) is 48.1 cm³/mol. The summed E-state index contributed by atoms with van der Waals surface area (Å²) in [4.78, 5) is 11.4. The molecule has 1 aromatic heterocycles. The molecule has 0 atom stereocenters. The van der Waals surface area contributed by atoms with Gasteiger partial charge in [-0.05, 0) is 19.2 Å². The maximum absolute atomic E-state index is 12.0. The van der Waals surface area contributed by atoms with Crippen molar-refractivity contribution in [1.82, 2.24) is 4.90 Å². The molecule has 1 N–H and O–H groups in total. The van der Waals surface area contributed by atoms with Crippen molar-refractivity contribution in [2.24, 2.45) is 0 Å². The van der Waals surface area contributed by atoms with Gasteiger partial charge in [-0.3, -0.25) is 4.90 Å². The molecule has 0 aliphatic rings. The third-order valence-electron chi connectivity index (χ3n) is 1.75. The highest BCUT2D eigenvalue weighted by molar-refractivity contribution is 5.84. The Morgan fingerprint density at radius 1 is 1.50 bits per heavy atom. The highest BCUT2D eigenvalue weighted by atomic mass is 19.4. The van der Waals surface area contributed by atoms with Gasteiger partial charge in [-0.2, -0.15) is 13.2 Å². The summed E-state index contributed by atoms with van der Waals surface area (Å²) in [5.41, 5.74) is 0. The lowest BCUT2D eigenvalue weighted by Gasteiger charge is -2.16. The van der Waals surface area contributed by atoms with Crippen LogP contribution in [0.2, 0.25) is 0 Å². The summed E-state index contributed by atoms with van der Waals surface area (Å²) in [7, 11) is 1.27. The molecule has 7 heteroatoms. The molecule has 0 unspecified atom stereocenters. The number of nitrogens with zero attached hydrogens (tertiary/aromatic N) is 1. The summed E-state index contributed by atoms with van der Waals surface area (Å²) in [6.07, 6.45) is -4.28. The van der Waals surface area contributed by atoms with Crippen LogP contribution in [0.4, 0.5) is 13.2 Å². The van der Waals surface area contributed by atoms with Crippen molar-refractivity contribution in [2.75, 3.05) is 13.6 Å². The molecule has 0 radical (unpaired) electrons. The number of carboxylic acid groups (broad SMARTS) is 1. The van der Waals surface area contributed by atoms with E-state index in [1.807, 2.05) is 0 Å². The molecule has 0 fully saturated rings. The van der Waals surface area contributed by atoms with Crippen LogP contribution in [0, 0.1) is 0 Å². The van der Waals surface area contributed by atoms with Crippen LogP contribution in [0.15, 0.2) is 16.5 Å². The number of hydrogen-bond donors (Lipinski definition) is 1. The number of furan rings is 1. The van der Waals surface area contributed by atoms with Crippen molar-refractivity contribution in [3.8, 4) is 0 Å². The van der Waals surface area contributed by atoms with E-state index in [9.17, 15) is 18.0 Å². The van der Waals surface area contributed by atoms with E-state index in [1.54, 1.807) is 0 Å². The zero-order valence-electron chi connectivity index (χ0n) is 8.41. The minimum Gasteiger partial charge on any atom is -0.475 e. The Labute approximate surface area is 89.3 Å². The third kappa shape index (κ3) is 3.93. The van der Waals surface area contributed by atoms with Crippen molar-refractivity contribution in [2.45, 2.75) is 12.7 Å². The van der Waals surface area contributed by atoms with E-state index in [0.29, 0.717) is 0 Å². The molecule has 90 valence electrons. The van der Waals surface area contributed by atoms with Gasteiger partial charge in [0.25, 0.3) is 0 Å². The molecule has 1 heterocycles. The van der Waals surface area contributed by atoms with Crippen molar-refractivity contribution in [3.05, 3.63) is 23.7 Å². The Kier molecular flexibility index (Phi) is 3.58. The van der Waals surface area contributed by atoms with E-state index in [1.165, 1.54) is 19.2 Å². The number of carboxylic acids is 1. The number of halogens is 3. The first-order valence-electron chi connectivity index (χ1n) is 4.35. The van der Waals surface area contributed by atoms with Crippen molar-refractivity contribution in [1.29, 1.82) is 0 Å². The molecule has 0 amide bonds. The number of aromatic carboxylic acids is 1. The number of carbonyl (C=O) groups is 1. The maximum atomic E-state index is 12.0.